The maximum absolute atomic E-state index is 10.6. The molecule has 0 atom stereocenters. The van der Waals surface area contributed by atoms with Crippen LogP contribution in [-0.2, 0) is 6.54 Å². The minimum Gasteiger partial charge on any atom is -0.390 e. The van der Waals surface area contributed by atoms with Crippen molar-refractivity contribution in [3.05, 3.63) is 25.7 Å². The molecule has 1 aliphatic rings. The molecule has 0 saturated carbocycles. The molecule has 0 saturated heterocycles. The molecule has 0 bridgehead atoms. The summed E-state index contributed by atoms with van der Waals surface area (Å²) in [5, 5.41) is 10.6. The quantitative estimate of drug-likeness (QED) is 0.582. The molecule has 0 unspecified atom stereocenters. The van der Waals surface area contributed by atoms with Crippen LogP contribution in [-0.4, -0.2) is 33.9 Å². The molecular formula is C7H7ClN4O2S. The van der Waals surface area contributed by atoms with Gasteiger partial charge in [0, 0.05) is 6.20 Å². The first-order valence-electron chi connectivity index (χ1n) is 4.21. The first-order chi connectivity index (χ1) is 7.16. The molecule has 2 heterocycles. The fraction of sp³-hybridized carbons (Fsp3) is 0.429. The summed E-state index contributed by atoms with van der Waals surface area (Å²) in [7, 11) is 0. The summed E-state index contributed by atoms with van der Waals surface area (Å²) < 4.78 is 0.448. The van der Waals surface area contributed by atoms with Crippen LogP contribution in [0.4, 0.5) is 0 Å². The van der Waals surface area contributed by atoms with Gasteiger partial charge in [-0.15, -0.1) is 16.3 Å². The number of guanidine groups is 1. The van der Waals surface area contributed by atoms with Crippen molar-refractivity contribution in [2.45, 2.75) is 6.54 Å². The van der Waals surface area contributed by atoms with Gasteiger partial charge in [0.05, 0.1) is 4.88 Å². The van der Waals surface area contributed by atoms with Gasteiger partial charge in [0.1, 0.15) is 19.6 Å². The zero-order chi connectivity index (χ0) is 10.8. The third kappa shape index (κ3) is 2.24. The fourth-order valence-electron chi connectivity index (χ4n) is 1.34. The van der Waals surface area contributed by atoms with Gasteiger partial charge in [-0.05, 0) is 4.92 Å². The summed E-state index contributed by atoms with van der Waals surface area (Å²) >= 11 is 6.99. The zero-order valence-corrected chi connectivity index (χ0v) is 9.16. The molecule has 1 aromatic heterocycles. The Morgan fingerprint density at radius 1 is 1.73 bits per heavy atom. The van der Waals surface area contributed by atoms with E-state index < -0.39 is 4.92 Å². The second-order valence-electron chi connectivity index (χ2n) is 2.94. The molecule has 0 amide bonds. The van der Waals surface area contributed by atoms with E-state index in [9.17, 15) is 10.1 Å². The summed E-state index contributed by atoms with van der Waals surface area (Å²) in [6.07, 6.45) is 1.63. The highest BCUT2D eigenvalue weighted by atomic mass is 35.5. The predicted molar refractivity (Wildman–Crippen MR) is 56.8 cm³/mol. The van der Waals surface area contributed by atoms with Gasteiger partial charge < -0.3 is 10.1 Å². The summed E-state index contributed by atoms with van der Waals surface area (Å²) in [4.78, 5) is 20.3. The van der Waals surface area contributed by atoms with E-state index in [2.05, 4.69) is 9.98 Å². The third-order valence-corrected chi connectivity index (χ3v) is 3.04. The Bertz CT molecular complexity index is 419. The van der Waals surface area contributed by atoms with Crippen molar-refractivity contribution in [3.8, 4) is 0 Å². The summed E-state index contributed by atoms with van der Waals surface area (Å²) in [5.41, 5.74) is 0. The number of thiazole rings is 1. The lowest BCUT2D eigenvalue weighted by molar-refractivity contribution is -0.363. The molecule has 8 heteroatoms. The maximum Gasteiger partial charge on any atom is 0.425 e. The molecule has 6 nitrogen and oxygen atoms in total. The standard InChI is InChI=1S/C7H7ClN4O2S/c8-6-10-3-5(15-6)4-11-2-1-9-7(11)12(13)14/h3H,1-2,4H2. The Balaban J connectivity index is 2.07. The molecule has 0 N–H and O–H groups in total. The Labute approximate surface area is 94.4 Å². The number of halogens is 1. The molecule has 0 spiro atoms. The van der Waals surface area contributed by atoms with Crippen molar-refractivity contribution in [2.75, 3.05) is 13.1 Å². The van der Waals surface area contributed by atoms with Gasteiger partial charge in [-0.3, -0.25) is 4.90 Å². The average molecular weight is 247 g/mol. The van der Waals surface area contributed by atoms with Crippen molar-refractivity contribution < 1.29 is 4.92 Å². The topological polar surface area (TPSA) is 71.6 Å². The van der Waals surface area contributed by atoms with Crippen LogP contribution in [0.25, 0.3) is 0 Å². The molecule has 80 valence electrons. The second kappa shape index (κ2) is 4.11. The van der Waals surface area contributed by atoms with E-state index in [-0.39, 0.29) is 5.96 Å². The maximum atomic E-state index is 10.6. The lowest BCUT2D eigenvalue weighted by Gasteiger charge is -2.10. The van der Waals surface area contributed by atoms with E-state index in [0.29, 0.717) is 24.1 Å². The van der Waals surface area contributed by atoms with Crippen molar-refractivity contribution >= 4 is 28.9 Å². The normalized spacial score (nSPS) is 15.5. The Morgan fingerprint density at radius 3 is 3.13 bits per heavy atom. The van der Waals surface area contributed by atoms with Crippen LogP contribution >= 0.6 is 22.9 Å². The Kier molecular flexibility index (Phi) is 2.83. The fourth-order valence-corrected chi connectivity index (χ4v) is 2.33. The molecule has 0 fully saturated rings. The number of aromatic nitrogens is 1. The van der Waals surface area contributed by atoms with Crippen LogP contribution in [0.2, 0.25) is 4.47 Å². The van der Waals surface area contributed by atoms with Gasteiger partial charge in [0.15, 0.2) is 4.47 Å². The van der Waals surface area contributed by atoms with Crippen LogP contribution < -0.4 is 0 Å². The molecule has 0 radical (unpaired) electrons. The number of hydrogen-bond acceptors (Lipinski definition) is 6. The van der Waals surface area contributed by atoms with Crippen LogP contribution in [0.15, 0.2) is 11.2 Å². The molecule has 0 aromatic carbocycles. The molecule has 1 aliphatic heterocycles. The van der Waals surface area contributed by atoms with E-state index in [1.165, 1.54) is 11.3 Å². The first-order valence-corrected chi connectivity index (χ1v) is 5.40. The van der Waals surface area contributed by atoms with Crippen molar-refractivity contribution in [3.63, 3.8) is 0 Å². The monoisotopic (exact) mass is 246 g/mol. The highest BCUT2D eigenvalue weighted by molar-refractivity contribution is 7.15. The van der Waals surface area contributed by atoms with Gasteiger partial charge in [-0.2, -0.15) is 0 Å². The second-order valence-corrected chi connectivity index (χ2v) is 4.64. The minimum atomic E-state index is -0.463. The lowest BCUT2D eigenvalue weighted by atomic mass is 10.5. The highest BCUT2D eigenvalue weighted by Crippen LogP contribution is 2.20. The van der Waals surface area contributed by atoms with E-state index >= 15 is 0 Å². The Hall–Kier alpha value is -1.21. The number of nitrogens with zero attached hydrogens (tertiary/aromatic N) is 4. The van der Waals surface area contributed by atoms with Crippen molar-refractivity contribution in [1.29, 1.82) is 0 Å². The van der Waals surface area contributed by atoms with E-state index in [1.807, 2.05) is 0 Å². The van der Waals surface area contributed by atoms with Crippen LogP contribution in [0, 0.1) is 10.1 Å². The lowest BCUT2D eigenvalue weighted by Crippen LogP contribution is -2.32. The number of rotatable bonds is 2. The predicted octanol–water partition coefficient (Wildman–Crippen LogP) is 1.24. The van der Waals surface area contributed by atoms with Gasteiger partial charge in [0.2, 0.25) is 0 Å². The van der Waals surface area contributed by atoms with E-state index in [4.69, 9.17) is 11.6 Å². The summed E-state index contributed by atoms with van der Waals surface area (Å²) in [6.45, 7) is 1.50. The van der Waals surface area contributed by atoms with Crippen molar-refractivity contribution in [1.82, 2.24) is 9.88 Å². The summed E-state index contributed by atoms with van der Waals surface area (Å²) in [5.74, 6) is -0.0699. The largest absolute Gasteiger partial charge is 0.425 e. The summed E-state index contributed by atoms with van der Waals surface area (Å²) in [6, 6.07) is 0. The van der Waals surface area contributed by atoms with E-state index in [0.717, 1.165) is 4.88 Å². The van der Waals surface area contributed by atoms with Gasteiger partial charge >= 0.3 is 5.96 Å². The number of aliphatic imine (C=N–C) groups is 1. The van der Waals surface area contributed by atoms with Crippen LogP contribution in [0.3, 0.4) is 0 Å². The Morgan fingerprint density at radius 2 is 2.53 bits per heavy atom. The molecule has 0 aliphatic carbocycles. The minimum absolute atomic E-state index is 0.0699. The zero-order valence-electron chi connectivity index (χ0n) is 7.59. The average Bonchev–Trinajstić information content (AvgIpc) is 2.75. The molecule has 2 rings (SSSR count). The van der Waals surface area contributed by atoms with Gasteiger partial charge in [-0.25, -0.2) is 4.98 Å². The number of nitro groups is 1. The SMILES string of the molecule is O=[N+]([O-])C1=NCCN1Cc1cnc(Cl)s1. The number of hydrogen-bond donors (Lipinski definition) is 0. The van der Waals surface area contributed by atoms with Crippen molar-refractivity contribution in [2.24, 2.45) is 4.99 Å². The first kappa shape index (κ1) is 10.3. The highest BCUT2D eigenvalue weighted by Gasteiger charge is 2.28. The van der Waals surface area contributed by atoms with E-state index in [1.54, 1.807) is 11.1 Å². The molecule has 15 heavy (non-hydrogen) atoms. The smallest absolute Gasteiger partial charge is 0.390 e. The van der Waals surface area contributed by atoms with Gasteiger partial charge in [-0.1, -0.05) is 11.6 Å². The third-order valence-electron chi connectivity index (χ3n) is 1.94. The molecular weight excluding hydrogens is 240 g/mol. The molecule has 1 aromatic rings. The van der Waals surface area contributed by atoms with Crippen LogP contribution in [0.1, 0.15) is 4.88 Å². The van der Waals surface area contributed by atoms with Crippen LogP contribution in [0.5, 0.6) is 0 Å². The van der Waals surface area contributed by atoms with Gasteiger partial charge in [0.25, 0.3) is 0 Å².